The number of aliphatic hydroxyl groups is 1. The Hall–Kier alpha value is -1.59. The number of benzene rings is 1. The molecular weight excluding hydrogens is 268 g/mol. The molecule has 21 heavy (non-hydrogen) atoms. The van der Waals surface area contributed by atoms with E-state index in [1.54, 1.807) is 4.90 Å². The fraction of sp³-hybridized carbons (Fsp3) is 0.562. The van der Waals surface area contributed by atoms with Crippen LogP contribution < -0.4 is 5.32 Å². The molecule has 5 nitrogen and oxygen atoms in total. The first-order valence-corrected chi connectivity index (χ1v) is 7.46. The third-order valence-corrected chi connectivity index (χ3v) is 4.42. The minimum Gasteiger partial charge on any atom is -0.396 e. The van der Waals surface area contributed by atoms with Gasteiger partial charge in [0.05, 0.1) is 19.8 Å². The molecule has 114 valence electrons. The molecule has 1 aromatic rings. The van der Waals surface area contributed by atoms with Crippen molar-refractivity contribution >= 4 is 11.7 Å². The van der Waals surface area contributed by atoms with E-state index in [-0.39, 0.29) is 18.1 Å². The van der Waals surface area contributed by atoms with Crippen molar-refractivity contribution < 1.29 is 14.6 Å². The first-order chi connectivity index (χ1) is 10.1. The average molecular weight is 290 g/mol. The first-order valence-electron chi connectivity index (χ1n) is 7.46. The highest BCUT2D eigenvalue weighted by molar-refractivity contribution is 5.89. The smallest absolute Gasteiger partial charge is 0.321 e. The summed E-state index contributed by atoms with van der Waals surface area (Å²) in [5.41, 5.74) is 2.97. The van der Waals surface area contributed by atoms with Crippen LogP contribution in [0, 0.1) is 5.41 Å². The van der Waals surface area contributed by atoms with Crippen LogP contribution in [0.4, 0.5) is 10.5 Å². The lowest BCUT2D eigenvalue weighted by atomic mass is 9.83. The Kier molecular flexibility index (Phi) is 3.87. The van der Waals surface area contributed by atoms with E-state index in [2.05, 4.69) is 5.32 Å². The lowest BCUT2D eigenvalue weighted by Crippen LogP contribution is -2.47. The summed E-state index contributed by atoms with van der Waals surface area (Å²) in [6, 6.07) is 5.82. The second kappa shape index (κ2) is 5.66. The van der Waals surface area contributed by atoms with Gasteiger partial charge in [0, 0.05) is 24.2 Å². The lowest BCUT2D eigenvalue weighted by Gasteiger charge is -2.39. The third kappa shape index (κ3) is 3.04. The van der Waals surface area contributed by atoms with Crippen molar-refractivity contribution in [2.45, 2.75) is 33.0 Å². The van der Waals surface area contributed by atoms with Crippen LogP contribution in [0.1, 0.15) is 30.9 Å². The molecule has 1 fully saturated rings. The number of anilines is 1. The standard InChI is InChI=1S/C16H22N2O3/c1-16(11-19)5-2-6-18(10-16)15(20)17-14-4-3-12-8-21-9-13(12)7-14/h3-4,7,19H,2,5-6,8-11H2,1H3,(H,17,20). The molecular formula is C16H22N2O3. The second-order valence-electron chi connectivity index (χ2n) is 6.40. The van der Waals surface area contributed by atoms with Crippen LogP contribution in [0.25, 0.3) is 0 Å². The molecule has 0 bridgehead atoms. The largest absolute Gasteiger partial charge is 0.396 e. The zero-order chi connectivity index (χ0) is 14.9. The van der Waals surface area contributed by atoms with E-state index < -0.39 is 0 Å². The zero-order valence-electron chi connectivity index (χ0n) is 12.4. The van der Waals surface area contributed by atoms with Crippen molar-refractivity contribution in [3.8, 4) is 0 Å². The molecule has 1 saturated heterocycles. The van der Waals surface area contributed by atoms with Crippen molar-refractivity contribution in [3.63, 3.8) is 0 Å². The summed E-state index contributed by atoms with van der Waals surface area (Å²) >= 11 is 0. The number of nitrogens with one attached hydrogen (secondary N) is 1. The molecule has 5 heteroatoms. The molecule has 2 amide bonds. The van der Waals surface area contributed by atoms with Crippen LogP contribution in [-0.2, 0) is 18.0 Å². The maximum atomic E-state index is 12.4. The number of likely N-dealkylation sites (tertiary alicyclic amines) is 1. The molecule has 2 N–H and O–H groups in total. The number of amides is 2. The topological polar surface area (TPSA) is 61.8 Å². The van der Waals surface area contributed by atoms with Gasteiger partial charge >= 0.3 is 6.03 Å². The molecule has 2 aliphatic heterocycles. The Labute approximate surface area is 124 Å². The van der Waals surface area contributed by atoms with Crippen molar-refractivity contribution in [3.05, 3.63) is 29.3 Å². The number of rotatable bonds is 2. The Morgan fingerprint density at radius 3 is 3.05 bits per heavy atom. The highest BCUT2D eigenvalue weighted by atomic mass is 16.5. The van der Waals surface area contributed by atoms with Gasteiger partial charge in [0.1, 0.15) is 0 Å². The molecule has 1 atom stereocenters. The minimum atomic E-state index is -0.179. The molecule has 1 unspecified atom stereocenters. The monoisotopic (exact) mass is 290 g/mol. The van der Waals surface area contributed by atoms with Gasteiger partial charge in [0.25, 0.3) is 0 Å². The van der Waals surface area contributed by atoms with Crippen molar-refractivity contribution in [2.75, 3.05) is 25.0 Å². The quantitative estimate of drug-likeness (QED) is 0.879. The van der Waals surface area contributed by atoms with Crippen molar-refractivity contribution in [1.29, 1.82) is 0 Å². The Balaban J connectivity index is 1.66. The van der Waals surface area contributed by atoms with Crippen LogP contribution in [-0.4, -0.2) is 35.7 Å². The van der Waals surface area contributed by atoms with Gasteiger partial charge in [0.2, 0.25) is 0 Å². The minimum absolute atomic E-state index is 0.0896. The number of nitrogens with zero attached hydrogens (tertiary/aromatic N) is 1. The summed E-state index contributed by atoms with van der Waals surface area (Å²) in [4.78, 5) is 14.2. The fourth-order valence-electron chi connectivity index (χ4n) is 3.07. The molecule has 0 spiro atoms. The van der Waals surface area contributed by atoms with Gasteiger partial charge in [-0.05, 0) is 36.1 Å². The average Bonchev–Trinajstić information content (AvgIpc) is 2.95. The van der Waals surface area contributed by atoms with Crippen LogP contribution >= 0.6 is 0 Å². The number of urea groups is 1. The number of ether oxygens (including phenoxy) is 1. The van der Waals surface area contributed by atoms with E-state index in [1.165, 1.54) is 5.56 Å². The summed E-state index contributed by atoms with van der Waals surface area (Å²) in [5.74, 6) is 0. The van der Waals surface area contributed by atoms with E-state index in [4.69, 9.17) is 4.74 Å². The van der Waals surface area contributed by atoms with Crippen LogP contribution in [0.2, 0.25) is 0 Å². The van der Waals surface area contributed by atoms with Gasteiger partial charge in [-0.2, -0.15) is 0 Å². The van der Waals surface area contributed by atoms with E-state index in [9.17, 15) is 9.90 Å². The van der Waals surface area contributed by atoms with Gasteiger partial charge in [-0.25, -0.2) is 4.79 Å². The SMILES string of the molecule is CC1(CO)CCCN(C(=O)Nc2ccc3c(c2)COC3)C1. The number of piperidine rings is 1. The number of fused-ring (bicyclic) bond motifs is 1. The van der Waals surface area contributed by atoms with Gasteiger partial charge < -0.3 is 20.1 Å². The van der Waals surface area contributed by atoms with E-state index >= 15 is 0 Å². The first kappa shape index (κ1) is 14.4. The maximum absolute atomic E-state index is 12.4. The highest BCUT2D eigenvalue weighted by Gasteiger charge is 2.32. The van der Waals surface area contributed by atoms with E-state index in [0.29, 0.717) is 19.8 Å². The molecule has 0 radical (unpaired) electrons. The molecule has 1 aromatic carbocycles. The molecule has 0 aliphatic carbocycles. The third-order valence-electron chi connectivity index (χ3n) is 4.42. The summed E-state index contributed by atoms with van der Waals surface area (Å²) in [5, 5.41) is 12.4. The predicted molar refractivity (Wildman–Crippen MR) is 80.0 cm³/mol. The lowest BCUT2D eigenvalue weighted by molar-refractivity contribution is 0.0648. The number of hydrogen-bond acceptors (Lipinski definition) is 3. The zero-order valence-corrected chi connectivity index (χ0v) is 12.4. The van der Waals surface area contributed by atoms with Gasteiger partial charge in [-0.1, -0.05) is 13.0 Å². The summed E-state index contributed by atoms with van der Waals surface area (Å²) in [6.07, 6.45) is 1.89. The number of aliphatic hydroxyl groups excluding tert-OH is 1. The summed E-state index contributed by atoms with van der Waals surface area (Å²) < 4.78 is 5.38. The number of carbonyl (C=O) groups excluding carboxylic acids is 1. The van der Waals surface area contributed by atoms with Crippen LogP contribution in [0.5, 0.6) is 0 Å². The van der Waals surface area contributed by atoms with Gasteiger partial charge in [-0.3, -0.25) is 0 Å². The van der Waals surface area contributed by atoms with Crippen LogP contribution in [0.3, 0.4) is 0 Å². The Bertz CT molecular complexity index is 546. The molecule has 0 saturated carbocycles. The Morgan fingerprint density at radius 1 is 1.43 bits per heavy atom. The molecule has 0 aromatic heterocycles. The highest BCUT2D eigenvalue weighted by Crippen LogP contribution is 2.29. The maximum Gasteiger partial charge on any atom is 0.321 e. The summed E-state index contributed by atoms with van der Waals surface area (Å²) in [7, 11) is 0. The van der Waals surface area contributed by atoms with Crippen molar-refractivity contribution in [1.82, 2.24) is 4.90 Å². The second-order valence-corrected chi connectivity index (χ2v) is 6.40. The van der Waals surface area contributed by atoms with E-state index in [0.717, 1.165) is 30.6 Å². The van der Waals surface area contributed by atoms with Crippen molar-refractivity contribution in [2.24, 2.45) is 5.41 Å². The number of hydrogen-bond donors (Lipinski definition) is 2. The summed E-state index contributed by atoms with van der Waals surface area (Å²) in [6.45, 7) is 4.76. The number of carbonyl (C=O) groups is 1. The molecule has 2 heterocycles. The van der Waals surface area contributed by atoms with Crippen LogP contribution in [0.15, 0.2) is 18.2 Å². The molecule has 3 rings (SSSR count). The molecule has 2 aliphatic rings. The Morgan fingerprint density at radius 2 is 2.24 bits per heavy atom. The normalized spacial score (nSPS) is 24.8. The fourth-order valence-corrected chi connectivity index (χ4v) is 3.07. The van der Waals surface area contributed by atoms with Gasteiger partial charge in [0.15, 0.2) is 0 Å². The predicted octanol–water partition coefficient (Wildman–Crippen LogP) is 2.34. The van der Waals surface area contributed by atoms with E-state index in [1.807, 2.05) is 25.1 Å². The van der Waals surface area contributed by atoms with Gasteiger partial charge in [-0.15, -0.1) is 0 Å².